The van der Waals surface area contributed by atoms with Crippen molar-refractivity contribution >= 4 is 11.3 Å². The van der Waals surface area contributed by atoms with Crippen molar-refractivity contribution in [3.05, 3.63) is 46.2 Å². The Bertz CT molecular complexity index is 735. The van der Waals surface area contributed by atoms with Crippen molar-refractivity contribution in [1.29, 1.82) is 0 Å². The van der Waals surface area contributed by atoms with Gasteiger partial charge in [-0.1, -0.05) is 0 Å². The average Bonchev–Trinajstić information content (AvgIpc) is 3.12. The van der Waals surface area contributed by atoms with Gasteiger partial charge in [-0.05, 0) is 19.1 Å². The lowest BCUT2D eigenvalue weighted by molar-refractivity contribution is 0.660. The third-order valence-electron chi connectivity index (χ3n) is 2.85. The Balaban J connectivity index is 1.83. The van der Waals surface area contributed by atoms with Crippen LogP contribution in [0.5, 0.6) is 0 Å². The van der Waals surface area contributed by atoms with E-state index in [9.17, 15) is 4.79 Å². The molecule has 0 fully saturated rings. The Morgan fingerprint density at radius 3 is 3.00 bits per heavy atom. The maximum atomic E-state index is 11.4. The van der Waals surface area contributed by atoms with Gasteiger partial charge in [-0.2, -0.15) is 10.2 Å². The lowest BCUT2D eigenvalue weighted by Crippen LogP contribution is -2.16. The molecular formula is C12H13N5OS. The minimum Gasteiger partial charge on any atom is -0.276 e. The van der Waals surface area contributed by atoms with Crippen LogP contribution in [0.3, 0.4) is 0 Å². The highest BCUT2D eigenvalue weighted by Crippen LogP contribution is 2.27. The van der Waals surface area contributed by atoms with Crippen molar-refractivity contribution in [1.82, 2.24) is 24.5 Å². The summed E-state index contributed by atoms with van der Waals surface area (Å²) in [6, 6.07) is 4.09. The maximum Gasteiger partial charge on any atom is 0.343 e. The van der Waals surface area contributed by atoms with Gasteiger partial charge in [0.2, 0.25) is 0 Å². The molecule has 0 amide bonds. The fourth-order valence-electron chi connectivity index (χ4n) is 1.83. The first kappa shape index (κ1) is 11.9. The SMILES string of the molecule is CCn1cc(-c2ccc(Cn3cn[nH]c3=O)s2)cn1. The molecule has 3 aromatic rings. The van der Waals surface area contributed by atoms with E-state index in [2.05, 4.69) is 28.3 Å². The standard InChI is InChI=1S/C12H13N5OS/c1-2-17-6-9(5-14-17)11-4-3-10(19-11)7-16-8-13-15-12(16)18/h3-6,8H,2,7H2,1H3,(H,15,18). The number of nitrogens with one attached hydrogen (secondary N) is 1. The summed E-state index contributed by atoms with van der Waals surface area (Å²) in [6.07, 6.45) is 5.40. The molecule has 0 spiro atoms. The lowest BCUT2D eigenvalue weighted by atomic mass is 10.3. The van der Waals surface area contributed by atoms with Gasteiger partial charge in [0.25, 0.3) is 0 Å². The quantitative estimate of drug-likeness (QED) is 0.785. The summed E-state index contributed by atoms with van der Waals surface area (Å²) in [7, 11) is 0. The zero-order valence-corrected chi connectivity index (χ0v) is 11.2. The monoisotopic (exact) mass is 275 g/mol. The summed E-state index contributed by atoms with van der Waals surface area (Å²) in [5.41, 5.74) is 0.923. The van der Waals surface area contributed by atoms with Gasteiger partial charge in [0.1, 0.15) is 6.33 Å². The molecule has 0 aliphatic rings. The molecule has 0 radical (unpaired) electrons. The second-order valence-electron chi connectivity index (χ2n) is 4.14. The van der Waals surface area contributed by atoms with Gasteiger partial charge in [-0.3, -0.25) is 9.25 Å². The van der Waals surface area contributed by atoms with Crippen LogP contribution in [0, 0.1) is 0 Å². The van der Waals surface area contributed by atoms with Crippen LogP contribution < -0.4 is 5.69 Å². The third kappa shape index (κ3) is 2.37. The second kappa shape index (κ2) is 4.85. The highest BCUT2D eigenvalue weighted by molar-refractivity contribution is 7.15. The van der Waals surface area contributed by atoms with Gasteiger partial charge in [0, 0.05) is 28.1 Å². The Kier molecular flexibility index (Phi) is 3.04. The first-order chi connectivity index (χ1) is 9.26. The summed E-state index contributed by atoms with van der Waals surface area (Å²) in [4.78, 5) is 13.7. The molecule has 0 aromatic carbocycles. The van der Waals surface area contributed by atoms with Crippen LogP contribution in [0.15, 0.2) is 35.6 Å². The number of aromatic nitrogens is 5. The van der Waals surface area contributed by atoms with Crippen LogP contribution in [0.2, 0.25) is 0 Å². The largest absolute Gasteiger partial charge is 0.343 e. The summed E-state index contributed by atoms with van der Waals surface area (Å²) in [5.74, 6) is 0. The predicted molar refractivity (Wildman–Crippen MR) is 73.2 cm³/mol. The zero-order chi connectivity index (χ0) is 13.2. The lowest BCUT2D eigenvalue weighted by Gasteiger charge is -1.95. The molecule has 0 saturated heterocycles. The number of aromatic amines is 1. The molecular weight excluding hydrogens is 262 g/mol. The van der Waals surface area contributed by atoms with Gasteiger partial charge in [0.05, 0.1) is 12.7 Å². The van der Waals surface area contributed by atoms with E-state index in [4.69, 9.17) is 0 Å². The Morgan fingerprint density at radius 1 is 1.42 bits per heavy atom. The number of hydrogen-bond donors (Lipinski definition) is 1. The van der Waals surface area contributed by atoms with E-state index in [0.717, 1.165) is 21.9 Å². The molecule has 7 heteroatoms. The van der Waals surface area contributed by atoms with E-state index in [1.807, 2.05) is 23.1 Å². The second-order valence-corrected chi connectivity index (χ2v) is 5.31. The molecule has 3 aromatic heterocycles. The van der Waals surface area contributed by atoms with E-state index >= 15 is 0 Å². The average molecular weight is 275 g/mol. The van der Waals surface area contributed by atoms with E-state index in [-0.39, 0.29) is 5.69 Å². The number of thiophene rings is 1. The van der Waals surface area contributed by atoms with Crippen LogP contribution in [0.1, 0.15) is 11.8 Å². The molecule has 0 saturated carbocycles. The van der Waals surface area contributed by atoms with Crippen LogP contribution in [0.25, 0.3) is 10.4 Å². The molecule has 98 valence electrons. The molecule has 6 nitrogen and oxygen atoms in total. The minimum absolute atomic E-state index is 0.186. The van der Waals surface area contributed by atoms with Crippen molar-refractivity contribution in [3.8, 4) is 10.4 Å². The summed E-state index contributed by atoms with van der Waals surface area (Å²) in [5, 5.41) is 10.4. The molecule has 0 atom stereocenters. The van der Waals surface area contributed by atoms with Crippen molar-refractivity contribution in [3.63, 3.8) is 0 Å². The van der Waals surface area contributed by atoms with E-state index in [1.165, 1.54) is 6.33 Å². The number of H-pyrrole nitrogens is 1. The Hall–Kier alpha value is -2.15. The molecule has 19 heavy (non-hydrogen) atoms. The molecule has 0 bridgehead atoms. The molecule has 3 rings (SSSR count). The van der Waals surface area contributed by atoms with Gasteiger partial charge in [0.15, 0.2) is 0 Å². The topological polar surface area (TPSA) is 68.5 Å². The van der Waals surface area contributed by atoms with Gasteiger partial charge < -0.3 is 0 Å². The number of rotatable bonds is 4. The molecule has 0 unspecified atom stereocenters. The van der Waals surface area contributed by atoms with Crippen LogP contribution in [-0.4, -0.2) is 24.5 Å². The normalized spacial score (nSPS) is 11.0. The molecule has 0 aliphatic carbocycles. The first-order valence-corrected chi connectivity index (χ1v) is 6.79. The van der Waals surface area contributed by atoms with Gasteiger partial charge in [-0.15, -0.1) is 11.3 Å². The number of aryl methyl sites for hydroxylation is 1. The predicted octanol–water partition coefficient (Wildman–Crippen LogP) is 1.56. The minimum atomic E-state index is -0.186. The van der Waals surface area contributed by atoms with Crippen molar-refractivity contribution in [2.45, 2.75) is 20.0 Å². The molecule has 1 N–H and O–H groups in total. The summed E-state index contributed by atoms with van der Waals surface area (Å²) >= 11 is 1.66. The van der Waals surface area contributed by atoms with E-state index in [0.29, 0.717) is 6.54 Å². The van der Waals surface area contributed by atoms with Crippen molar-refractivity contribution < 1.29 is 0 Å². The highest BCUT2D eigenvalue weighted by atomic mass is 32.1. The molecule has 0 aliphatic heterocycles. The van der Waals surface area contributed by atoms with Crippen LogP contribution >= 0.6 is 11.3 Å². The number of hydrogen-bond acceptors (Lipinski definition) is 4. The van der Waals surface area contributed by atoms with Crippen molar-refractivity contribution in [2.75, 3.05) is 0 Å². The Labute approximate surface area is 113 Å². The highest BCUT2D eigenvalue weighted by Gasteiger charge is 2.06. The van der Waals surface area contributed by atoms with E-state index in [1.54, 1.807) is 15.9 Å². The van der Waals surface area contributed by atoms with Gasteiger partial charge in [-0.25, -0.2) is 9.89 Å². The Morgan fingerprint density at radius 2 is 2.32 bits per heavy atom. The molecule has 3 heterocycles. The third-order valence-corrected chi connectivity index (χ3v) is 3.97. The van der Waals surface area contributed by atoms with Crippen molar-refractivity contribution in [2.24, 2.45) is 0 Å². The fourth-order valence-corrected chi connectivity index (χ4v) is 2.81. The summed E-state index contributed by atoms with van der Waals surface area (Å²) in [6.45, 7) is 3.46. The fraction of sp³-hybridized carbons (Fsp3) is 0.250. The zero-order valence-electron chi connectivity index (χ0n) is 10.4. The summed E-state index contributed by atoms with van der Waals surface area (Å²) < 4.78 is 3.44. The number of nitrogens with zero attached hydrogens (tertiary/aromatic N) is 4. The van der Waals surface area contributed by atoms with Crippen LogP contribution in [-0.2, 0) is 13.1 Å². The maximum absolute atomic E-state index is 11.4. The van der Waals surface area contributed by atoms with E-state index < -0.39 is 0 Å². The first-order valence-electron chi connectivity index (χ1n) is 5.97. The van der Waals surface area contributed by atoms with Crippen LogP contribution in [0.4, 0.5) is 0 Å². The smallest absolute Gasteiger partial charge is 0.276 e. The van der Waals surface area contributed by atoms with Gasteiger partial charge >= 0.3 is 5.69 Å².